The van der Waals surface area contributed by atoms with E-state index >= 15 is 0 Å². The summed E-state index contributed by atoms with van der Waals surface area (Å²) in [5.41, 5.74) is 11.5. The standard InChI is InChI=1S/C33H40N4O6/c1-33(2,3)43-32(39)37-19-28(38)29(35-36-34)31(42-22-26-17-11-6-12-18-26)30(41-21-25-15-9-5-10-16-25)27(37)23-40-20-24-13-7-4-8-14-24/h4-18,27-31,38H,19-23H2,1-3H3/t27-,28-,29+,30-,31-/m1/s1. The predicted octanol–water partition coefficient (Wildman–Crippen LogP) is 6.03. The van der Waals surface area contributed by atoms with Gasteiger partial charge in [0.1, 0.15) is 11.7 Å². The van der Waals surface area contributed by atoms with E-state index in [1.807, 2.05) is 91.0 Å². The molecule has 0 aliphatic carbocycles. The van der Waals surface area contributed by atoms with E-state index in [9.17, 15) is 15.4 Å². The van der Waals surface area contributed by atoms with Gasteiger partial charge in [0, 0.05) is 4.91 Å². The molecule has 43 heavy (non-hydrogen) atoms. The molecule has 0 saturated carbocycles. The summed E-state index contributed by atoms with van der Waals surface area (Å²) in [5, 5.41) is 15.4. The summed E-state index contributed by atoms with van der Waals surface area (Å²) < 4.78 is 24.9. The lowest BCUT2D eigenvalue weighted by atomic mass is 9.98. The SMILES string of the molecule is CC(C)(C)OC(=O)N1C[C@@H](O)[C@H](N=[N+]=[N-])[C@@H](OCc2ccccc2)[C@H](OCc2ccccc2)[C@H]1COCc1ccccc1. The second kappa shape index (κ2) is 15.5. The van der Waals surface area contributed by atoms with E-state index < -0.39 is 42.1 Å². The van der Waals surface area contributed by atoms with Crippen LogP contribution < -0.4 is 0 Å². The third-order valence-electron chi connectivity index (χ3n) is 7.00. The molecule has 5 atom stereocenters. The number of aliphatic hydroxyl groups is 1. The Morgan fingerprint density at radius 2 is 1.35 bits per heavy atom. The highest BCUT2D eigenvalue weighted by atomic mass is 16.6. The maximum Gasteiger partial charge on any atom is 0.410 e. The number of likely N-dealkylation sites (tertiary alicyclic amines) is 1. The number of benzene rings is 3. The Kier molecular flexibility index (Phi) is 11.6. The number of carbonyl (C=O) groups excluding carboxylic acids is 1. The second-order valence-electron chi connectivity index (χ2n) is 11.5. The van der Waals surface area contributed by atoms with Gasteiger partial charge in [-0.15, -0.1) is 0 Å². The third-order valence-corrected chi connectivity index (χ3v) is 7.00. The van der Waals surface area contributed by atoms with Crippen molar-refractivity contribution < 1.29 is 28.8 Å². The zero-order valence-corrected chi connectivity index (χ0v) is 24.9. The van der Waals surface area contributed by atoms with Crippen LogP contribution in [0.15, 0.2) is 96.1 Å². The number of rotatable bonds is 11. The second-order valence-corrected chi connectivity index (χ2v) is 11.5. The van der Waals surface area contributed by atoms with E-state index in [0.29, 0.717) is 6.61 Å². The van der Waals surface area contributed by atoms with E-state index in [1.54, 1.807) is 20.8 Å². The van der Waals surface area contributed by atoms with Crippen LogP contribution in [0.4, 0.5) is 4.79 Å². The molecule has 1 saturated heterocycles. The van der Waals surface area contributed by atoms with Gasteiger partial charge in [-0.25, -0.2) is 4.79 Å². The molecular weight excluding hydrogens is 548 g/mol. The van der Waals surface area contributed by atoms with Crippen molar-refractivity contribution >= 4 is 6.09 Å². The molecule has 10 heteroatoms. The zero-order valence-electron chi connectivity index (χ0n) is 24.9. The van der Waals surface area contributed by atoms with Crippen molar-refractivity contribution in [2.75, 3.05) is 13.2 Å². The minimum atomic E-state index is -1.26. The molecule has 3 aromatic carbocycles. The first kappa shape index (κ1) is 32.0. The molecule has 1 aliphatic heterocycles. The van der Waals surface area contributed by atoms with Gasteiger partial charge in [0.2, 0.25) is 0 Å². The van der Waals surface area contributed by atoms with E-state index in [-0.39, 0.29) is 26.4 Å². The fraction of sp³-hybridized carbons (Fsp3) is 0.424. The van der Waals surface area contributed by atoms with Gasteiger partial charge in [-0.2, -0.15) is 0 Å². The smallest absolute Gasteiger partial charge is 0.410 e. The molecule has 0 radical (unpaired) electrons. The number of nitrogens with zero attached hydrogens (tertiary/aromatic N) is 4. The lowest BCUT2D eigenvalue weighted by Crippen LogP contribution is -2.55. The van der Waals surface area contributed by atoms with E-state index in [2.05, 4.69) is 10.0 Å². The molecule has 1 N–H and O–H groups in total. The Hall–Kier alpha value is -3.92. The Bertz CT molecular complexity index is 1320. The maximum atomic E-state index is 13.7. The summed E-state index contributed by atoms with van der Waals surface area (Å²) in [5.74, 6) is 0. The number of hydrogen-bond acceptors (Lipinski definition) is 7. The number of azide groups is 1. The minimum absolute atomic E-state index is 0.0501. The Morgan fingerprint density at radius 3 is 1.84 bits per heavy atom. The number of hydrogen-bond donors (Lipinski definition) is 1. The molecule has 0 unspecified atom stereocenters. The summed E-state index contributed by atoms with van der Waals surface area (Å²) in [6, 6.07) is 27.0. The molecule has 0 aromatic heterocycles. The van der Waals surface area contributed by atoms with Crippen LogP contribution in [0.3, 0.4) is 0 Å². The van der Waals surface area contributed by atoms with Crippen LogP contribution in [0.2, 0.25) is 0 Å². The number of carbonyl (C=O) groups is 1. The summed E-state index contributed by atoms with van der Waals surface area (Å²) in [6.45, 7) is 5.86. The van der Waals surface area contributed by atoms with Crippen molar-refractivity contribution in [3.63, 3.8) is 0 Å². The fourth-order valence-corrected chi connectivity index (χ4v) is 4.98. The van der Waals surface area contributed by atoms with Crippen molar-refractivity contribution in [1.29, 1.82) is 0 Å². The Morgan fingerprint density at radius 1 is 0.860 bits per heavy atom. The van der Waals surface area contributed by atoms with Crippen LogP contribution in [-0.4, -0.2) is 65.2 Å². The highest BCUT2D eigenvalue weighted by molar-refractivity contribution is 5.69. The highest BCUT2D eigenvalue weighted by Crippen LogP contribution is 2.30. The molecule has 1 amide bonds. The van der Waals surface area contributed by atoms with Gasteiger partial charge in [0.05, 0.1) is 57.3 Å². The van der Waals surface area contributed by atoms with Crippen LogP contribution >= 0.6 is 0 Å². The average Bonchev–Trinajstić information content (AvgIpc) is 3.10. The molecule has 228 valence electrons. The van der Waals surface area contributed by atoms with Gasteiger partial charge in [0.15, 0.2) is 0 Å². The van der Waals surface area contributed by atoms with Crippen LogP contribution in [0, 0.1) is 0 Å². The van der Waals surface area contributed by atoms with Gasteiger partial charge >= 0.3 is 6.09 Å². The molecule has 1 aliphatic rings. The summed E-state index contributed by atoms with van der Waals surface area (Å²) in [6.07, 6.45) is -3.69. The van der Waals surface area contributed by atoms with Gasteiger partial charge < -0.3 is 24.1 Å². The Balaban J connectivity index is 1.73. The normalized spacial score (nSPS) is 22.3. The number of β-amino-alcohol motifs (C(OH)–C–C–N with tert-alkyl or cyclic N) is 1. The molecule has 10 nitrogen and oxygen atoms in total. The summed E-state index contributed by atoms with van der Waals surface area (Å²) in [7, 11) is 0. The first-order valence-electron chi connectivity index (χ1n) is 14.4. The zero-order chi connectivity index (χ0) is 30.7. The monoisotopic (exact) mass is 588 g/mol. The van der Waals surface area contributed by atoms with Crippen molar-refractivity contribution in [1.82, 2.24) is 4.90 Å². The van der Waals surface area contributed by atoms with Crippen LogP contribution in [0.1, 0.15) is 37.5 Å². The lowest BCUT2D eigenvalue weighted by Gasteiger charge is -2.38. The largest absolute Gasteiger partial charge is 0.444 e. The first-order valence-corrected chi connectivity index (χ1v) is 14.4. The third kappa shape index (κ3) is 9.54. The lowest BCUT2D eigenvalue weighted by molar-refractivity contribution is -0.129. The minimum Gasteiger partial charge on any atom is -0.444 e. The van der Waals surface area contributed by atoms with Crippen LogP contribution in [0.25, 0.3) is 10.4 Å². The van der Waals surface area contributed by atoms with Crippen molar-refractivity contribution in [2.24, 2.45) is 5.11 Å². The van der Waals surface area contributed by atoms with Gasteiger partial charge in [-0.05, 0) is 43.0 Å². The van der Waals surface area contributed by atoms with Crippen molar-refractivity contribution in [2.45, 2.75) is 76.6 Å². The Labute approximate surface area is 252 Å². The van der Waals surface area contributed by atoms with E-state index in [0.717, 1.165) is 16.7 Å². The topological polar surface area (TPSA) is 126 Å². The molecular formula is C33H40N4O6. The van der Waals surface area contributed by atoms with Crippen LogP contribution in [0.5, 0.6) is 0 Å². The highest BCUT2D eigenvalue weighted by Gasteiger charge is 2.48. The van der Waals surface area contributed by atoms with Crippen LogP contribution in [-0.2, 0) is 38.8 Å². The van der Waals surface area contributed by atoms with Gasteiger partial charge in [0.25, 0.3) is 0 Å². The predicted molar refractivity (Wildman–Crippen MR) is 162 cm³/mol. The molecule has 0 spiro atoms. The number of aliphatic hydroxyl groups excluding tert-OH is 1. The maximum absolute atomic E-state index is 13.7. The fourth-order valence-electron chi connectivity index (χ4n) is 4.98. The number of amides is 1. The number of ether oxygens (including phenoxy) is 4. The molecule has 1 heterocycles. The van der Waals surface area contributed by atoms with Crippen molar-refractivity contribution in [3.8, 4) is 0 Å². The van der Waals surface area contributed by atoms with E-state index in [1.165, 1.54) is 4.90 Å². The van der Waals surface area contributed by atoms with Gasteiger partial charge in [-0.1, -0.05) is 96.1 Å². The quantitative estimate of drug-likeness (QED) is 0.166. The van der Waals surface area contributed by atoms with E-state index in [4.69, 9.17) is 18.9 Å². The first-order chi connectivity index (χ1) is 20.7. The van der Waals surface area contributed by atoms with Gasteiger partial charge in [-0.3, -0.25) is 4.90 Å². The molecule has 0 bridgehead atoms. The van der Waals surface area contributed by atoms with Crippen molar-refractivity contribution in [3.05, 3.63) is 118 Å². The molecule has 3 aromatic rings. The average molecular weight is 589 g/mol. The summed E-state index contributed by atoms with van der Waals surface area (Å²) >= 11 is 0. The summed E-state index contributed by atoms with van der Waals surface area (Å²) in [4.78, 5) is 18.1. The molecule has 4 rings (SSSR count). The molecule has 1 fully saturated rings.